The zero-order valence-corrected chi connectivity index (χ0v) is 8.90. The van der Waals surface area contributed by atoms with Gasteiger partial charge in [-0.3, -0.25) is 0 Å². The van der Waals surface area contributed by atoms with E-state index in [-0.39, 0.29) is 0 Å². The predicted molar refractivity (Wildman–Crippen MR) is 59.5 cm³/mol. The fourth-order valence-corrected chi connectivity index (χ4v) is 1.45. The summed E-state index contributed by atoms with van der Waals surface area (Å²) in [6.45, 7) is 3.74. The maximum atomic E-state index is 9.33. The van der Waals surface area contributed by atoms with Crippen LogP contribution in [-0.4, -0.2) is 5.11 Å². The van der Waals surface area contributed by atoms with Gasteiger partial charge in [-0.2, -0.15) is 0 Å². The Morgan fingerprint density at radius 1 is 1.07 bits per heavy atom. The minimum atomic E-state index is -0.552. The monoisotopic (exact) mass is 202 g/mol. The Kier molecular flexibility index (Phi) is 2.60. The van der Waals surface area contributed by atoms with Crippen LogP contribution in [0.25, 0.3) is 11.3 Å². The molecule has 1 atom stereocenters. The molecule has 0 aliphatic rings. The van der Waals surface area contributed by atoms with Crippen LogP contribution in [0.3, 0.4) is 0 Å². The van der Waals surface area contributed by atoms with Gasteiger partial charge in [-0.25, -0.2) is 0 Å². The van der Waals surface area contributed by atoms with Crippen LogP contribution in [0.4, 0.5) is 0 Å². The second kappa shape index (κ2) is 3.91. The van der Waals surface area contributed by atoms with Gasteiger partial charge in [0.2, 0.25) is 0 Å². The van der Waals surface area contributed by atoms with Gasteiger partial charge in [0.1, 0.15) is 17.6 Å². The maximum absolute atomic E-state index is 9.33. The molecule has 1 N–H and O–H groups in total. The first-order valence-electron chi connectivity index (χ1n) is 5.01. The lowest BCUT2D eigenvalue weighted by Crippen LogP contribution is -1.85. The van der Waals surface area contributed by atoms with E-state index in [0.29, 0.717) is 5.76 Å². The number of furan rings is 1. The van der Waals surface area contributed by atoms with Crippen molar-refractivity contribution in [3.05, 3.63) is 47.7 Å². The molecule has 1 aromatic heterocycles. The lowest BCUT2D eigenvalue weighted by molar-refractivity contribution is 0.170. The Morgan fingerprint density at radius 2 is 1.73 bits per heavy atom. The van der Waals surface area contributed by atoms with Gasteiger partial charge in [0, 0.05) is 5.56 Å². The first-order valence-corrected chi connectivity index (χ1v) is 5.01. The van der Waals surface area contributed by atoms with Crippen molar-refractivity contribution < 1.29 is 9.52 Å². The highest BCUT2D eigenvalue weighted by atomic mass is 16.4. The molecule has 0 unspecified atom stereocenters. The molecule has 2 aromatic rings. The molecule has 0 saturated carbocycles. The van der Waals surface area contributed by atoms with Gasteiger partial charge in [-0.1, -0.05) is 29.8 Å². The molecule has 0 aliphatic heterocycles. The van der Waals surface area contributed by atoms with Gasteiger partial charge < -0.3 is 9.52 Å². The third-order valence-corrected chi connectivity index (χ3v) is 2.37. The summed E-state index contributed by atoms with van der Waals surface area (Å²) < 4.78 is 5.52. The van der Waals surface area contributed by atoms with Gasteiger partial charge >= 0.3 is 0 Å². The van der Waals surface area contributed by atoms with Gasteiger partial charge in [0.25, 0.3) is 0 Å². The smallest absolute Gasteiger partial charge is 0.134 e. The number of aliphatic hydroxyl groups is 1. The fraction of sp³-hybridized carbons (Fsp3) is 0.231. The number of rotatable bonds is 2. The molecule has 15 heavy (non-hydrogen) atoms. The molecule has 1 heterocycles. The highest BCUT2D eigenvalue weighted by Gasteiger charge is 2.08. The summed E-state index contributed by atoms with van der Waals surface area (Å²) in [7, 11) is 0. The average molecular weight is 202 g/mol. The van der Waals surface area contributed by atoms with E-state index < -0.39 is 6.10 Å². The Labute approximate surface area is 89.2 Å². The van der Waals surface area contributed by atoms with Gasteiger partial charge in [0.05, 0.1) is 0 Å². The van der Waals surface area contributed by atoms with Crippen LogP contribution in [0.1, 0.15) is 24.4 Å². The van der Waals surface area contributed by atoms with Crippen molar-refractivity contribution in [3.8, 4) is 11.3 Å². The average Bonchev–Trinajstić information content (AvgIpc) is 2.68. The Bertz CT molecular complexity index is 438. The fourth-order valence-electron chi connectivity index (χ4n) is 1.45. The van der Waals surface area contributed by atoms with Crippen LogP contribution in [0.2, 0.25) is 0 Å². The zero-order valence-electron chi connectivity index (χ0n) is 8.90. The SMILES string of the molecule is Cc1ccc(-c2ccc([C@@H](C)O)o2)cc1. The van der Waals surface area contributed by atoms with Gasteiger partial charge in [0.15, 0.2) is 0 Å². The van der Waals surface area contributed by atoms with Gasteiger partial charge in [-0.15, -0.1) is 0 Å². The molecule has 0 spiro atoms. The van der Waals surface area contributed by atoms with Crippen LogP contribution < -0.4 is 0 Å². The zero-order chi connectivity index (χ0) is 10.8. The molecule has 0 bridgehead atoms. The summed E-state index contributed by atoms with van der Waals surface area (Å²) in [4.78, 5) is 0. The molecule has 0 saturated heterocycles. The highest BCUT2D eigenvalue weighted by molar-refractivity contribution is 5.57. The van der Waals surface area contributed by atoms with E-state index in [4.69, 9.17) is 4.42 Å². The van der Waals surface area contributed by atoms with E-state index in [2.05, 4.69) is 0 Å². The lowest BCUT2D eigenvalue weighted by Gasteiger charge is -2.00. The van der Waals surface area contributed by atoms with Crippen molar-refractivity contribution in [3.63, 3.8) is 0 Å². The Morgan fingerprint density at radius 3 is 2.27 bits per heavy atom. The summed E-state index contributed by atoms with van der Waals surface area (Å²) in [5.41, 5.74) is 2.26. The van der Waals surface area contributed by atoms with Crippen LogP contribution >= 0.6 is 0 Å². The summed E-state index contributed by atoms with van der Waals surface area (Å²) in [6, 6.07) is 11.8. The molecular formula is C13H14O2. The van der Waals surface area contributed by atoms with E-state index in [1.807, 2.05) is 37.3 Å². The number of hydrogen-bond acceptors (Lipinski definition) is 2. The van der Waals surface area contributed by atoms with Crippen molar-refractivity contribution in [1.82, 2.24) is 0 Å². The van der Waals surface area contributed by atoms with E-state index in [0.717, 1.165) is 11.3 Å². The van der Waals surface area contributed by atoms with Crippen molar-refractivity contribution in [2.75, 3.05) is 0 Å². The molecule has 2 heteroatoms. The van der Waals surface area contributed by atoms with Crippen LogP contribution in [0, 0.1) is 6.92 Å². The first kappa shape index (κ1) is 9.99. The Balaban J connectivity index is 2.33. The summed E-state index contributed by atoms with van der Waals surface area (Å²) in [5.74, 6) is 1.40. The molecule has 2 nitrogen and oxygen atoms in total. The maximum Gasteiger partial charge on any atom is 0.134 e. The number of aryl methyl sites for hydroxylation is 1. The largest absolute Gasteiger partial charge is 0.458 e. The summed E-state index contributed by atoms with van der Waals surface area (Å²) >= 11 is 0. The van der Waals surface area contributed by atoms with Crippen molar-refractivity contribution >= 4 is 0 Å². The molecule has 0 aliphatic carbocycles. The molecule has 1 aromatic carbocycles. The predicted octanol–water partition coefficient (Wildman–Crippen LogP) is 3.31. The third-order valence-electron chi connectivity index (χ3n) is 2.37. The number of benzene rings is 1. The third kappa shape index (κ3) is 2.10. The Hall–Kier alpha value is -1.54. The molecule has 2 rings (SSSR count). The highest BCUT2D eigenvalue weighted by Crippen LogP contribution is 2.25. The van der Waals surface area contributed by atoms with E-state index in [1.54, 1.807) is 13.0 Å². The molecule has 0 radical (unpaired) electrons. The second-order valence-electron chi connectivity index (χ2n) is 3.74. The van der Waals surface area contributed by atoms with Crippen molar-refractivity contribution in [2.45, 2.75) is 20.0 Å². The van der Waals surface area contributed by atoms with Crippen LogP contribution in [0.5, 0.6) is 0 Å². The molecule has 0 amide bonds. The summed E-state index contributed by atoms with van der Waals surface area (Å²) in [5, 5.41) is 9.33. The molecule has 0 fully saturated rings. The van der Waals surface area contributed by atoms with Crippen LogP contribution in [0.15, 0.2) is 40.8 Å². The van der Waals surface area contributed by atoms with Gasteiger partial charge in [-0.05, 0) is 26.0 Å². The van der Waals surface area contributed by atoms with E-state index in [9.17, 15) is 5.11 Å². The van der Waals surface area contributed by atoms with E-state index in [1.165, 1.54) is 5.56 Å². The molecule has 78 valence electrons. The lowest BCUT2D eigenvalue weighted by atomic mass is 10.1. The van der Waals surface area contributed by atoms with E-state index >= 15 is 0 Å². The number of aliphatic hydroxyl groups excluding tert-OH is 1. The minimum Gasteiger partial charge on any atom is -0.458 e. The molecular weight excluding hydrogens is 188 g/mol. The first-order chi connectivity index (χ1) is 7.16. The minimum absolute atomic E-state index is 0.552. The van der Waals surface area contributed by atoms with Crippen molar-refractivity contribution in [1.29, 1.82) is 0 Å². The summed E-state index contributed by atoms with van der Waals surface area (Å²) in [6.07, 6.45) is -0.552. The number of hydrogen-bond donors (Lipinski definition) is 1. The van der Waals surface area contributed by atoms with Crippen molar-refractivity contribution in [2.24, 2.45) is 0 Å². The quantitative estimate of drug-likeness (QED) is 0.810. The normalized spacial score (nSPS) is 12.7. The topological polar surface area (TPSA) is 33.4 Å². The van der Waals surface area contributed by atoms with Crippen LogP contribution in [-0.2, 0) is 0 Å². The second-order valence-corrected chi connectivity index (χ2v) is 3.74. The standard InChI is InChI=1S/C13H14O2/c1-9-3-5-11(6-4-9)13-8-7-12(15-13)10(2)14/h3-8,10,14H,1-2H3/t10-/m1/s1.